The van der Waals surface area contributed by atoms with Gasteiger partial charge < -0.3 is 9.84 Å². The summed E-state index contributed by atoms with van der Waals surface area (Å²) in [6, 6.07) is 18.1. The fourth-order valence-corrected chi connectivity index (χ4v) is 4.37. The molecule has 10 heteroatoms. The lowest BCUT2D eigenvalue weighted by Gasteiger charge is -2.12. The van der Waals surface area contributed by atoms with Crippen molar-refractivity contribution in [2.75, 3.05) is 10.0 Å². The van der Waals surface area contributed by atoms with E-state index in [2.05, 4.69) is 25.2 Å². The largest absolute Gasteiger partial charge is 0.332 e. The lowest BCUT2D eigenvalue weighted by atomic mass is 10.1. The van der Waals surface area contributed by atoms with E-state index in [1.54, 1.807) is 60.8 Å². The molecule has 4 aromatic rings. The summed E-state index contributed by atoms with van der Waals surface area (Å²) in [7, 11) is -3.87. The zero-order chi connectivity index (χ0) is 23.8. The maximum atomic E-state index is 13.0. The van der Waals surface area contributed by atoms with Gasteiger partial charge in [0.1, 0.15) is 5.69 Å². The van der Waals surface area contributed by atoms with Crippen LogP contribution >= 0.6 is 0 Å². The van der Waals surface area contributed by atoms with Gasteiger partial charge in [0, 0.05) is 28.6 Å². The number of carbonyl (C=O) groups is 1. The molecule has 2 heterocycles. The average Bonchev–Trinajstić information content (AvgIpc) is 3.41. The molecule has 34 heavy (non-hydrogen) atoms. The van der Waals surface area contributed by atoms with E-state index in [1.165, 1.54) is 12.1 Å². The van der Waals surface area contributed by atoms with Gasteiger partial charge in [0.15, 0.2) is 0 Å². The Kier molecular flexibility index (Phi) is 5.37. The highest BCUT2D eigenvalue weighted by atomic mass is 32.2. The number of rotatable bonds is 7. The molecule has 1 fully saturated rings. The molecule has 2 N–H and O–H groups in total. The van der Waals surface area contributed by atoms with Crippen LogP contribution in [0.3, 0.4) is 0 Å². The Morgan fingerprint density at radius 1 is 1.00 bits per heavy atom. The van der Waals surface area contributed by atoms with Crippen LogP contribution in [0, 0.1) is 5.41 Å². The van der Waals surface area contributed by atoms with Crippen LogP contribution in [-0.2, 0) is 14.8 Å². The summed E-state index contributed by atoms with van der Waals surface area (Å²) in [6.45, 7) is 1.92. The summed E-state index contributed by atoms with van der Waals surface area (Å²) < 4.78 is 33.7. The van der Waals surface area contributed by atoms with Crippen LogP contribution in [0.5, 0.6) is 0 Å². The maximum absolute atomic E-state index is 13.0. The van der Waals surface area contributed by atoms with E-state index in [-0.39, 0.29) is 27.9 Å². The molecule has 5 rings (SSSR count). The fourth-order valence-electron chi connectivity index (χ4n) is 3.27. The predicted octanol–water partition coefficient (Wildman–Crippen LogP) is 4.34. The lowest BCUT2D eigenvalue weighted by molar-refractivity contribution is -0.120. The molecule has 0 saturated heterocycles. The Morgan fingerprint density at radius 2 is 1.76 bits per heavy atom. The van der Waals surface area contributed by atoms with Crippen LogP contribution < -0.4 is 10.0 Å². The van der Waals surface area contributed by atoms with Crippen LogP contribution in [0.15, 0.2) is 82.3 Å². The van der Waals surface area contributed by atoms with Gasteiger partial charge in [0.2, 0.25) is 11.7 Å². The van der Waals surface area contributed by atoms with Crippen LogP contribution in [-0.4, -0.2) is 29.4 Å². The van der Waals surface area contributed by atoms with Crippen molar-refractivity contribution in [1.82, 2.24) is 15.1 Å². The summed E-state index contributed by atoms with van der Waals surface area (Å²) in [5.41, 5.74) is 1.71. The zero-order valence-electron chi connectivity index (χ0n) is 18.2. The molecule has 2 aromatic heterocycles. The molecule has 1 aliphatic carbocycles. The molecule has 9 nitrogen and oxygen atoms in total. The molecule has 0 radical (unpaired) electrons. The Bertz CT molecular complexity index is 1450. The minimum Gasteiger partial charge on any atom is -0.332 e. The Labute approximate surface area is 196 Å². The summed E-state index contributed by atoms with van der Waals surface area (Å²) in [6.07, 6.45) is 3.38. The van der Waals surface area contributed by atoms with Crippen molar-refractivity contribution < 1.29 is 17.7 Å². The summed E-state index contributed by atoms with van der Waals surface area (Å²) >= 11 is 0. The molecule has 0 spiro atoms. The number of nitrogens with one attached hydrogen (secondary N) is 2. The molecule has 2 aromatic carbocycles. The topological polar surface area (TPSA) is 127 Å². The van der Waals surface area contributed by atoms with Gasteiger partial charge in [-0.2, -0.15) is 4.98 Å². The number of hydrogen-bond donors (Lipinski definition) is 2. The zero-order valence-corrected chi connectivity index (χ0v) is 19.0. The monoisotopic (exact) mass is 475 g/mol. The van der Waals surface area contributed by atoms with Crippen LogP contribution in [0.2, 0.25) is 0 Å². The van der Waals surface area contributed by atoms with E-state index in [1.807, 2.05) is 6.92 Å². The first-order valence-corrected chi connectivity index (χ1v) is 12.1. The number of anilines is 2. The van der Waals surface area contributed by atoms with Crippen molar-refractivity contribution in [3.8, 4) is 23.0 Å². The lowest BCUT2D eigenvalue weighted by Crippen LogP contribution is -2.21. The number of aromatic nitrogens is 3. The fraction of sp³-hybridized carbons (Fsp3) is 0.167. The van der Waals surface area contributed by atoms with Gasteiger partial charge in [-0.1, -0.05) is 30.3 Å². The summed E-state index contributed by atoms with van der Waals surface area (Å²) in [4.78, 5) is 20.7. The van der Waals surface area contributed by atoms with Crippen molar-refractivity contribution in [3.63, 3.8) is 0 Å². The molecule has 1 aliphatic rings. The third-order valence-corrected chi connectivity index (χ3v) is 7.03. The second kappa shape index (κ2) is 8.38. The standard InChI is InChI=1S/C24H21N5O4S/c1-24(12-13-24)23(30)26-17-8-10-18(11-9-17)29-34(31,32)19-6-4-5-16(15-19)21-27-22(33-28-21)20-7-2-3-14-25-20/h2-11,14-15,29H,12-13H2,1H3,(H,26,30). The first kappa shape index (κ1) is 21.8. The van der Waals surface area contributed by atoms with Crippen molar-refractivity contribution >= 4 is 27.3 Å². The second-order valence-corrected chi connectivity index (χ2v) is 10.0. The molecule has 0 bridgehead atoms. The summed E-state index contributed by atoms with van der Waals surface area (Å²) in [5.74, 6) is 0.470. The molecule has 0 aliphatic heterocycles. The van der Waals surface area contributed by atoms with Gasteiger partial charge in [-0.25, -0.2) is 8.42 Å². The Morgan fingerprint density at radius 3 is 2.47 bits per heavy atom. The SMILES string of the molecule is CC1(C(=O)Nc2ccc(NS(=O)(=O)c3cccc(-c4noc(-c5ccccn5)n4)c3)cc2)CC1. The van der Waals surface area contributed by atoms with Crippen molar-refractivity contribution in [1.29, 1.82) is 0 Å². The average molecular weight is 476 g/mol. The number of benzene rings is 2. The first-order valence-electron chi connectivity index (χ1n) is 10.6. The van der Waals surface area contributed by atoms with Crippen LogP contribution in [0.25, 0.3) is 23.0 Å². The smallest absolute Gasteiger partial charge is 0.276 e. The van der Waals surface area contributed by atoms with Gasteiger partial charge in [-0.05, 0) is 61.4 Å². The molecule has 0 unspecified atom stereocenters. The van der Waals surface area contributed by atoms with Gasteiger partial charge in [-0.15, -0.1) is 0 Å². The summed E-state index contributed by atoms with van der Waals surface area (Å²) in [5, 5.41) is 6.81. The molecular formula is C24H21N5O4S. The van der Waals surface area contributed by atoms with E-state index in [4.69, 9.17) is 4.52 Å². The maximum Gasteiger partial charge on any atom is 0.276 e. The third kappa shape index (κ3) is 4.53. The molecule has 1 saturated carbocycles. The first-order chi connectivity index (χ1) is 16.3. The highest BCUT2D eigenvalue weighted by Gasteiger charge is 2.44. The predicted molar refractivity (Wildman–Crippen MR) is 126 cm³/mol. The van der Waals surface area contributed by atoms with Crippen molar-refractivity contribution in [2.45, 2.75) is 24.7 Å². The van der Waals surface area contributed by atoms with Crippen LogP contribution in [0.1, 0.15) is 19.8 Å². The van der Waals surface area contributed by atoms with Crippen molar-refractivity contribution in [3.05, 3.63) is 72.9 Å². The number of amides is 1. The minimum absolute atomic E-state index is 0.0229. The Hall–Kier alpha value is -4.05. The number of sulfonamides is 1. The van der Waals surface area contributed by atoms with E-state index in [0.29, 0.717) is 22.6 Å². The molecule has 1 amide bonds. The third-order valence-electron chi connectivity index (χ3n) is 5.66. The van der Waals surface area contributed by atoms with E-state index >= 15 is 0 Å². The number of carbonyl (C=O) groups excluding carboxylic acids is 1. The van der Waals surface area contributed by atoms with E-state index < -0.39 is 10.0 Å². The molecular weight excluding hydrogens is 454 g/mol. The highest BCUT2D eigenvalue weighted by molar-refractivity contribution is 7.92. The number of nitrogens with zero attached hydrogens (tertiary/aromatic N) is 3. The van der Waals surface area contributed by atoms with Gasteiger partial charge >= 0.3 is 0 Å². The Balaban J connectivity index is 1.31. The van der Waals surface area contributed by atoms with E-state index in [0.717, 1.165) is 12.8 Å². The minimum atomic E-state index is -3.87. The number of pyridine rings is 1. The van der Waals surface area contributed by atoms with Crippen LogP contribution in [0.4, 0.5) is 11.4 Å². The highest BCUT2D eigenvalue weighted by Crippen LogP contribution is 2.45. The quantitative estimate of drug-likeness (QED) is 0.407. The van der Waals surface area contributed by atoms with Crippen molar-refractivity contribution in [2.24, 2.45) is 5.41 Å². The van der Waals surface area contributed by atoms with Gasteiger partial charge in [0.05, 0.1) is 4.90 Å². The normalized spacial score (nSPS) is 14.4. The van der Waals surface area contributed by atoms with E-state index in [9.17, 15) is 13.2 Å². The second-order valence-electron chi connectivity index (χ2n) is 8.36. The van der Waals surface area contributed by atoms with Gasteiger partial charge in [-0.3, -0.25) is 14.5 Å². The number of hydrogen-bond acceptors (Lipinski definition) is 7. The molecule has 172 valence electrons. The van der Waals surface area contributed by atoms with Gasteiger partial charge in [0.25, 0.3) is 15.9 Å². The molecule has 0 atom stereocenters.